The Labute approximate surface area is 161 Å². The Morgan fingerprint density at radius 1 is 1.04 bits per heavy atom. The Hall–Kier alpha value is -2.13. The molecule has 1 aliphatic carbocycles. The molecular formula is C24H29N3. The van der Waals surface area contributed by atoms with Gasteiger partial charge in [-0.25, -0.2) is 0 Å². The summed E-state index contributed by atoms with van der Waals surface area (Å²) in [6, 6.07) is 10.2. The van der Waals surface area contributed by atoms with Crippen molar-refractivity contribution in [1.29, 1.82) is 0 Å². The minimum atomic E-state index is 0.476. The minimum absolute atomic E-state index is 0.476. The van der Waals surface area contributed by atoms with Crippen LogP contribution in [0.25, 0.3) is 22.2 Å². The van der Waals surface area contributed by atoms with Gasteiger partial charge in [-0.05, 0) is 80.0 Å². The first-order valence-corrected chi connectivity index (χ1v) is 10.4. The van der Waals surface area contributed by atoms with Gasteiger partial charge in [-0.2, -0.15) is 0 Å². The average molecular weight is 360 g/mol. The molecule has 0 atom stereocenters. The second kappa shape index (κ2) is 6.20. The van der Waals surface area contributed by atoms with Crippen LogP contribution >= 0.6 is 0 Å². The largest absolute Gasteiger partial charge is 0.354 e. The van der Waals surface area contributed by atoms with Crippen LogP contribution in [-0.4, -0.2) is 27.5 Å². The van der Waals surface area contributed by atoms with E-state index in [4.69, 9.17) is 0 Å². The molecule has 0 unspecified atom stereocenters. The predicted octanol–water partition coefficient (Wildman–Crippen LogP) is 5.49. The highest BCUT2D eigenvalue weighted by Gasteiger charge is 2.31. The lowest BCUT2D eigenvalue weighted by atomic mass is 9.92. The first-order valence-electron chi connectivity index (χ1n) is 10.4. The summed E-state index contributed by atoms with van der Waals surface area (Å²) < 4.78 is 0. The van der Waals surface area contributed by atoms with Crippen molar-refractivity contribution in [2.45, 2.75) is 65.5 Å². The molecule has 1 N–H and O–H groups in total. The van der Waals surface area contributed by atoms with E-state index in [0.717, 1.165) is 24.0 Å². The van der Waals surface area contributed by atoms with Crippen LogP contribution in [0, 0.1) is 13.8 Å². The fraction of sp³-hybridized carbons (Fsp3) is 0.458. The highest BCUT2D eigenvalue weighted by molar-refractivity contribution is 5.92. The Balaban J connectivity index is 1.67. The molecule has 1 fully saturated rings. The van der Waals surface area contributed by atoms with Crippen LogP contribution in [0.5, 0.6) is 0 Å². The van der Waals surface area contributed by atoms with Gasteiger partial charge in [-0.1, -0.05) is 13.8 Å². The Morgan fingerprint density at radius 3 is 2.44 bits per heavy atom. The van der Waals surface area contributed by atoms with Crippen LogP contribution in [0.1, 0.15) is 60.7 Å². The molecule has 0 amide bonds. The molecule has 1 saturated carbocycles. The molecule has 3 heteroatoms. The second-order valence-corrected chi connectivity index (χ2v) is 8.83. The maximum absolute atomic E-state index is 4.56. The van der Waals surface area contributed by atoms with Gasteiger partial charge in [0.1, 0.15) is 0 Å². The van der Waals surface area contributed by atoms with E-state index in [-0.39, 0.29) is 0 Å². The summed E-state index contributed by atoms with van der Waals surface area (Å²) in [7, 11) is 0. The van der Waals surface area contributed by atoms with Crippen molar-refractivity contribution in [1.82, 2.24) is 14.9 Å². The van der Waals surface area contributed by atoms with Crippen molar-refractivity contribution >= 4 is 10.9 Å². The average Bonchev–Trinajstić information content (AvgIpc) is 3.39. The number of aromatic nitrogens is 2. The van der Waals surface area contributed by atoms with E-state index in [1.165, 1.54) is 64.7 Å². The third-order valence-electron chi connectivity index (χ3n) is 6.21. The lowest BCUT2D eigenvalue weighted by Gasteiger charge is -2.28. The minimum Gasteiger partial charge on any atom is -0.354 e. The summed E-state index contributed by atoms with van der Waals surface area (Å²) >= 11 is 0. The Bertz CT molecular complexity index is 1000. The van der Waals surface area contributed by atoms with Gasteiger partial charge in [0.05, 0.1) is 5.69 Å². The SMILES string of the molecule is Cc1cc(-c2[nH]c3cc4c(cc3c2C(C)C)CN(C2CC2)CC4)cc(C)n1. The Morgan fingerprint density at radius 2 is 1.78 bits per heavy atom. The van der Waals surface area contributed by atoms with Crippen LogP contribution in [0.3, 0.4) is 0 Å². The number of H-pyrrole nitrogens is 1. The molecule has 0 radical (unpaired) electrons. The molecule has 1 aliphatic heterocycles. The van der Waals surface area contributed by atoms with Crippen LogP contribution in [0.2, 0.25) is 0 Å². The van der Waals surface area contributed by atoms with Gasteiger partial charge in [-0.3, -0.25) is 9.88 Å². The number of rotatable bonds is 3. The third-order valence-corrected chi connectivity index (χ3v) is 6.21. The number of aromatic amines is 1. The zero-order valence-corrected chi connectivity index (χ0v) is 16.9. The number of fused-ring (bicyclic) bond motifs is 2. The zero-order chi connectivity index (χ0) is 18.7. The van der Waals surface area contributed by atoms with Gasteiger partial charge in [0.2, 0.25) is 0 Å². The summed E-state index contributed by atoms with van der Waals surface area (Å²) in [5, 5.41) is 1.41. The van der Waals surface area contributed by atoms with Gasteiger partial charge in [0.25, 0.3) is 0 Å². The van der Waals surface area contributed by atoms with Crippen molar-refractivity contribution in [3.8, 4) is 11.3 Å². The number of aryl methyl sites for hydroxylation is 2. The monoisotopic (exact) mass is 359 g/mol. The van der Waals surface area contributed by atoms with Crippen molar-refractivity contribution in [3.63, 3.8) is 0 Å². The molecule has 3 heterocycles. The quantitative estimate of drug-likeness (QED) is 0.670. The summed E-state index contributed by atoms with van der Waals surface area (Å²) in [5.41, 5.74) is 10.5. The van der Waals surface area contributed by atoms with Crippen molar-refractivity contribution < 1.29 is 0 Å². The normalized spacial score (nSPS) is 17.7. The zero-order valence-electron chi connectivity index (χ0n) is 16.9. The first-order chi connectivity index (χ1) is 13.0. The summed E-state index contributed by atoms with van der Waals surface area (Å²) in [5.74, 6) is 0.476. The maximum atomic E-state index is 4.56. The molecule has 140 valence electrons. The third kappa shape index (κ3) is 2.98. The topological polar surface area (TPSA) is 31.9 Å². The number of benzene rings is 1. The first kappa shape index (κ1) is 17.0. The van der Waals surface area contributed by atoms with E-state index < -0.39 is 0 Å². The van der Waals surface area contributed by atoms with Gasteiger partial charge in [0, 0.05) is 47.0 Å². The number of pyridine rings is 1. The van der Waals surface area contributed by atoms with Crippen molar-refractivity contribution in [3.05, 3.63) is 52.3 Å². The molecule has 2 aliphatic rings. The summed E-state index contributed by atoms with van der Waals surface area (Å²) in [4.78, 5) is 11.0. The lowest BCUT2D eigenvalue weighted by molar-refractivity contribution is 0.244. The van der Waals surface area contributed by atoms with Crippen molar-refractivity contribution in [2.75, 3.05) is 6.54 Å². The fourth-order valence-corrected chi connectivity index (χ4v) is 4.85. The predicted molar refractivity (Wildman–Crippen MR) is 112 cm³/mol. The lowest BCUT2D eigenvalue weighted by Crippen LogP contribution is -2.32. The molecule has 2 aromatic heterocycles. The van der Waals surface area contributed by atoms with Crippen LogP contribution in [0.4, 0.5) is 0 Å². The van der Waals surface area contributed by atoms with E-state index in [9.17, 15) is 0 Å². The molecule has 3 aromatic rings. The van der Waals surface area contributed by atoms with Crippen LogP contribution in [0.15, 0.2) is 24.3 Å². The van der Waals surface area contributed by atoms with E-state index in [1.54, 1.807) is 0 Å². The second-order valence-electron chi connectivity index (χ2n) is 8.83. The number of hydrogen-bond acceptors (Lipinski definition) is 2. The van der Waals surface area contributed by atoms with E-state index >= 15 is 0 Å². The molecule has 0 saturated heterocycles. The number of hydrogen-bond donors (Lipinski definition) is 1. The molecule has 27 heavy (non-hydrogen) atoms. The van der Waals surface area contributed by atoms with Gasteiger partial charge in [0.15, 0.2) is 0 Å². The van der Waals surface area contributed by atoms with Gasteiger partial charge in [-0.15, -0.1) is 0 Å². The molecule has 0 spiro atoms. The van der Waals surface area contributed by atoms with Crippen molar-refractivity contribution in [2.24, 2.45) is 0 Å². The molecule has 3 nitrogen and oxygen atoms in total. The molecule has 1 aromatic carbocycles. The van der Waals surface area contributed by atoms with E-state index in [2.05, 4.69) is 66.8 Å². The molecule has 5 rings (SSSR count). The number of nitrogens with zero attached hydrogens (tertiary/aromatic N) is 2. The summed E-state index contributed by atoms with van der Waals surface area (Å²) in [6.45, 7) is 11.1. The standard InChI is InChI=1S/C24H29N3/c1-14(2)23-21-11-19-13-27(20-5-6-20)8-7-17(19)12-22(21)26-24(23)18-9-15(3)25-16(4)10-18/h9-12,14,20,26H,5-8,13H2,1-4H3. The van der Waals surface area contributed by atoms with E-state index in [1.807, 2.05) is 0 Å². The van der Waals surface area contributed by atoms with Gasteiger partial charge >= 0.3 is 0 Å². The highest BCUT2D eigenvalue weighted by Crippen LogP contribution is 2.39. The highest BCUT2D eigenvalue weighted by atomic mass is 15.2. The maximum Gasteiger partial charge on any atom is 0.0501 e. The smallest absolute Gasteiger partial charge is 0.0501 e. The van der Waals surface area contributed by atoms with Crippen LogP contribution < -0.4 is 0 Å². The summed E-state index contributed by atoms with van der Waals surface area (Å²) in [6.07, 6.45) is 3.97. The molecular weight excluding hydrogens is 330 g/mol. The number of nitrogens with one attached hydrogen (secondary N) is 1. The van der Waals surface area contributed by atoms with E-state index in [0.29, 0.717) is 5.92 Å². The fourth-order valence-electron chi connectivity index (χ4n) is 4.85. The molecule has 0 bridgehead atoms. The van der Waals surface area contributed by atoms with Crippen LogP contribution in [-0.2, 0) is 13.0 Å². The van der Waals surface area contributed by atoms with Gasteiger partial charge < -0.3 is 4.98 Å². The Kier molecular flexibility index (Phi) is 3.90.